The molecule has 1 heterocycles. The Morgan fingerprint density at radius 3 is 2.87 bits per heavy atom. The summed E-state index contributed by atoms with van der Waals surface area (Å²) in [6.07, 6.45) is 1.42. The highest BCUT2D eigenvalue weighted by atomic mass is 16.6. The van der Waals surface area contributed by atoms with Crippen molar-refractivity contribution in [2.75, 3.05) is 7.11 Å². The lowest BCUT2D eigenvalue weighted by Crippen LogP contribution is -1.93. The van der Waals surface area contributed by atoms with Gasteiger partial charge in [0.25, 0.3) is 5.69 Å². The highest BCUT2D eigenvalue weighted by Gasteiger charge is 2.15. The number of hydrogen-bond acceptors (Lipinski definition) is 4. The van der Waals surface area contributed by atoms with Gasteiger partial charge in [0.15, 0.2) is 0 Å². The van der Waals surface area contributed by atoms with E-state index in [9.17, 15) is 10.1 Å². The molecule has 0 aliphatic carbocycles. The number of nitro groups is 1. The molecule has 0 atom stereocenters. The Hall–Kier alpha value is -2.17. The molecule has 5 nitrogen and oxygen atoms in total. The van der Waals surface area contributed by atoms with Crippen molar-refractivity contribution in [3.63, 3.8) is 0 Å². The molecule has 0 amide bonds. The Kier molecular flexibility index (Phi) is 2.21. The molecule has 0 N–H and O–H groups in total. The summed E-state index contributed by atoms with van der Waals surface area (Å²) in [6.45, 7) is 0. The van der Waals surface area contributed by atoms with E-state index >= 15 is 0 Å². The molecule has 0 saturated carbocycles. The van der Waals surface area contributed by atoms with Crippen molar-refractivity contribution < 1.29 is 9.66 Å². The number of rotatable bonds is 2. The third kappa shape index (κ3) is 1.48. The van der Waals surface area contributed by atoms with Crippen molar-refractivity contribution in [3.8, 4) is 5.75 Å². The number of fused-ring (bicyclic) bond motifs is 1. The molecule has 5 heteroatoms. The molecule has 0 aliphatic rings. The number of hydrogen-bond donors (Lipinski definition) is 0. The van der Waals surface area contributed by atoms with Crippen LogP contribution in [0.4, 0.5) is 5.69 Å². The average Bonchev–Trinajstić information content (AvgIpc) is 2.27. The third-order valence-electron chi connectivity index (χ3n) is 2.12. The first kappa shape index (κ1) is 9.39. The first-order valence-electron chi connectivity index (χ1n) is 4.30. The third-order valence-corrected chi connectivity index (χ3v) is 2.12. The van der Waals surface area contributed by atoms with E-state index in [2.05, 4.69) is 4.98 Å². The maximum absolute atomic E-state index is 10.8. The summed E-state index contributed by atoms with van der Waals surface area (Å²) in [5.41, 5.74) is 0.570. The summed E-state index contributed by atoms with van der Waals surface area (Å²) < 4.78 is 5.07. The molecule has 15 heavy (non-hydrogen) atoms. The van der Waals surface area contributed by atoms with Gasteiger partial charge in [0.2, 0.25) is 0 Å². The van der Waals surface area contributed by atoms with Crippen LogP contribution in [0.25, 0.3) is 10.9 Å². The number of benzene rings is 1. The first-order chi connectivity index (χ1) is 7.24. The number of ether oxygens (including phenoxy) is 1. The SMILES string of the molecule is COc1cccc2nccc([N+](=O)[O-])c12. The van der Waals surface area contributed by atoms with Gasteiger partial charge in [-0.25, -0.2) is 0 Å². The molecule has 1 aromatic heterocycles. The fraction of sp³-hybridized carbons (Fsp3) is 0.100. The zero-order valence-electron chi connectivity index (χ0n) is 8.01. The van der Waals surface area contributed by atoms with Gasteiger partial charge in [-0.05, 0) is 12.1 Å². The minimum atomic E-state index is -0.438. The van der Waals surface area contributed by atoms with Crippen LogP contribution in [-0.4, -0.2) is 17.0 Å². The molecule has 76 valence electrons. The topological polar surface area (TPSA) is 65.3 Å². The van der Waals surface area contributed by atoms with Gasteiger partial charge in [-0.1, -0.05) is 6.07 Å². The van der Waals surface area contributed by atoms with Crippen LogP contribution >= 0.6 is 0 Å². The van der Waals surface area contributed by atoms with Crippen LogP contribution in [0.1, 0.15) is 0 Å². The maximum Gasteiger partial charge on any atom is 0.284 e. The quantitative estimate of drug-likeness (QED) is 0.555. The van der Waals surface area contributed by atoms with Crippen molar-refractivity contribution in [2.24, 2.45) is 0 Å². The second kappa shape index (κ2) is 3.53. The zero-order valence-corrected chi connectivity index (χ0v) is 8.01. The van der Waals surface area contributed by atoms with E-state index < -0.39 is 4.92 Å². The van der Waals surface area contributed by atoms with Crippen molar-refractivity contribution in [3.05, 3.63) is 40.6 Å². The van der Waals surface area contributed by atoms with Crippen molar-refractivity contribution in [1.82, 2.24) is 4.98 Å². The molecule has 0 aliphatic heterocycles. The fourth-order valence-corrected chi connectivity index (χ4v) is 1.48. The Balaban J connectivity index is 2.87. The Labute approximate surface area is 85.5 Å². The highest BCUT2D eigenvalue weighted by molar-refractivity contribution is 5.93. The molecule has 0 fully saturated rings. The molecule has 0 saturated heterocycles. The Morgan fingerprint density at radius 2 is 2.20 bits per heavy atom. The lowest BCUT2D eigenvalue weighted by atomic mass is 10.1. The smallest absolute Gasteiger partial charge is 0.284 e. The summed E-state index contributed by atoms with van der Waals surface area (Å²) in [6, 6.07) is 6.50. The fourth-order valence-electron chi connectivity index (χ4n) is 1.48. The summed E-state index contributed by atoms with van der Waals surface area (Å²) in [7, 11) is 1.48. The first-order valence-corrected chi connectivity index (χ1v) is 4.30. The van der Waals surface area contributed by atoms with Crippen LogP contribution in [0.5, 0.6) is 5.75 Å². The summed E-state index contributed by atoms with van der Waals surface area (Å²) >= 11 is 0. The predicted molar refractivity (Wildman–Crippen MR) is 54.9 cm³/mol. The van der Waals surface area contributed by atoms with Gasteiger partial charge in [-0.3, -0.25) is 15.1 Å². The number of nitrogens with zero attached hydrogens (tertiary/aromatic N) is 2. The van der Waals surface area contributed by atoms with Crippen LogP contribution in [0.15, 0.2) is 30.5 Å². The van der Waals surface area contributed by atoms with E-state index in [1.54, 1.807) is 18.2 Å². The van der Waals surface area contributed by atoms with E-state index in [0.29, 0.717) is 16.7 Å². The Morgan fingerprint density at radius 1 is 1.40 bits per heavy atom. The van der Waals surface area contributed by atoms with E-state index in [4.69, 9.17) is 4.74 Å². The van der Waals surface area contributed by atoms with Gasteiger partial charge < -0.3 is 4.74 Å². The van der Waals surface area contributed by atoms with Crippen molar-refractivity contribution in [2.45, 2.75) is 0 Å². The van der Waals surface area contributed by atoms with Crippen LogP contribution in [0, 0.1) is 10.1 Å². The Bertz CT molecular complexity index is 520. The minimum absolute atomic E-state index is 0.0115. The van der Waals surface area contributed by atoms with E-state index in [1.807, 2.05) is 0 Å². The molecular weight excluding hydrogens is 196 g/mol. The van der Waals surface area contributed by atoms with Gasteiger partial charge in [0.1, 0.15) is 11.1 Å². The van der Waals surface area contributed by atoms with Crippen molar-refractivity contribution in [1.29, 1.82) is 0 Å². The standard InChI is InChI=1S/C10H8N2O3/c1-15-9-4-2-3-7-10(9)8(12(13)14)5-6-11-7/h2-6H,1H3. The largest absolute Gasteiger partial charge is 0.496 e. The van der Waals surface area contributed by atoms with E-state index in [0.717, 1.165) is 0 Å². The van der Waals surface area contributed by atoms with Crippen LogP contribution in [0.3, 0.4) is 0 Å². The molecule has 2 rings (SSSR count). The monoisotopic (exact) mass is 204 g/mol. The van der Waals surface area contributed by atoms with Gasteiger partial charge in [0, 0.05) is 12.3 Å². The van der Waals surface area contributed by atoms with E-state index in [-0.39, 0.29) is 5.69 Å². The summed E-state index contributed by atoms with van der Waals surface area (Å²) in [5, 5.41) is 11.2. The molecule has 1 aromatic carbocycles. The number of aromatic nitrogens is 1. The van der Waals surface area contributed by atoms with Crippen LogP contribution in [0.2, 0.25) is 0 Å². The lowest BCUT2D eigenvalue weighted by molar-refractivity contribution is -0.383. The molecule has 2 aromatic rings. The maximum atomic E-state index is 10.8. The number of methoxy groups -OCH3 is 1. The molecule has 0 bridgehead atoms. The second-order valence-corrected chi connectivity index (χ2v) is 2.94. The van der Waals surface area contributed by atoms with Gasteiger partial charge >= 0.3 is 0 Å². The molecule has 0 unspecified atom stereocenters. The predicted octanol–water partition coefficient (Wildman–Crippen LogP) is 2.15. The minimum Gasteiger partial charge on any atom is -0.496 e. The average molecular weight is 204 g/mol. The zero-order chi connectivity index (χ0) is 10.8. The molecular formula is C10H8N2O3. The highest BCUT2D eigenvalue weighted by Crippen LogP contribution is 2.31. The van der Waals surface area contributed by atoms with E-state index in [1.165, 1.54) is 19.4 Å². The van der Waals surface area contributed by atoms with Crippen LogP contribution < -0.4 is 4.74 Å². The summed E-state index contributed by atoms with van der Waals surface area (Å²) in [4.78, 5) is 14.4. The van der Waals surface area contributed by atoms with Gasteiger partial charge in [-0.2, -0.15) is 0 Å². The van der Waals surface area contributed by atoms with Crippen molar-refractivity contribution >= 4 is 16.6 Å². The summed E-state index contributed by atoms with van der Waals surface area (Å²) in [5.74, 6) is 0.465. The normalized spacial score (nSPS) is 10.2. The van der Waals surface area contributed by atoms with Crippen LogP contribution in [-0.2, 0) is 0 Å². The van der Waals surface area contributed by atoms with Gasteiger partial charge in [0.05, 0.1) is 17.5 Å². The van der Waals surface area contributed by atoms with Gasteiger partial charge in [-0.15, -0.1) is 0 Å². The second-order valence-electron chi connectivity index (χ2n) is 2.94. The lowest BCUT2D eigenvalue weighted by Gasteiger charge is -2.04. The molecule has 0 radical (unpaired) electrons. The molecule has 0 spiro atoms. The number of pyridine rings is 1.